The lowest BCUT2D eigenvalue weighted by molar-refractivity contribution is -0.149. The van der Waals surface area contributed by atoms with Gasteiger partial charge in [-0.1, -0.05) is 30.3 Å². The van der Waals surface area contributed by atoms with Crippen LogP contribution >= 0.6 is 0 Å². The Morgan fingerprint density at radius 2 is 1.71 bits per heavy atom. The Bertz CT molecular complexity index is 853. The van der Waals surface area contributed by atoms with Crippen molar-refractivity contribution in [1.29, 1.82) is 0 Å². The van der Waals surface area contributed by atoms with E-state index in [0.717, 1.165) is 5.56 Å². The maximum absolute atomic E-state index is 12.6. The predicted molar refractivity (Wildman–Crippen MR) is 99.8 cm³/mol. The number of carbonyl (C=O) groups is 3. The second kappa shape index (κ2) is 8.43. The summed E-state index contributed by atoms with van der Waals surface area (Å²) in [6.45, 7) is 0.0542. The second-order valence-electron chi connectivity index (χ2n) is 6.06. The first kappa shape index (κ1) is 19.2. The van der Waals surface area contributed by atoms with Gasteiger partial charge in [0.1, 0.15) is 18.4 Å². The van der Waals surface area contributed by atoms with Crippen molar-refractivity contribution in [3.63, 3.8) is 0 Å². The molecule has 2 aromatic carbocycles. The Morgan fingerprint density at radius 1 is 1.04 bits per heavy atom. The molecule has 2 atom stereocenters. The van der Waals surface area contributed by atoms with Crippen LogP contribution in [0.25, 0.3) is 0 Å². The van der Waals surface area contributed by atoms with Crippen LogP contribution in [-0.2, 0) is 25.7 Å². The van der Waals surface area contributed by atoms with Gasteiger partial charge in [-0.3, -0.25) is 9.69 Å². The predicted octanol–water partition coefficient (Wildman–Crippen LogP) is 1.88. The number of nitrogens with one attached hydrogen (secondary N) is 1. The van der Waals surface area contributed by atoms with Crippen molar-refractivity contribution in [3.8, 4) is 5.75 Å². The molecular formula is C20H20N2O6. The molecular weight excluding hydrogens is 364 g/mol. The quantitative estimate of drug-likeness (QED) is 0.604. The van der Waals surface area contributed by atoms with Crippen molar-refractivity contribution in [2.75, 3.05) is 19.1 Å². The normalized spacial score (nSPS) is 18.1. The van der Waals surface area contributed by atoms with E-state index in [1.54, 1.807) is 24.3 Å². The summed E-state index contributed by atoms with van der Waals surface area (Å²) in [6.07, 6.45) is -0.787. The van der Waals surface area contributed by atoms with E-state index in [-0.39, 0.29) is 6.61 Å². The summed E-state index contributed by atoms with van der Waals surface area (Å²) in [5.41, 5.74) is 1.30. The molecule has 2 amide bonds. The Morgan fingerprint density at radius 3 is 2.32 bits per heavy atom. The Labute approximate surface area is 162 Å². The number of amides is 2. The number of carbonyl (C=O) groups excluding carboxylic acids is 3. The molecule has 146 valence electrons. The van der Waals surface area contributed by atoms with Crippen LogP contribution in [0.15, 0.2) is 54.6 Å². The van der Waals surface area contributed by atoms with Crippen LogP contribution in [0.2, 0.25) is 0 Å². The maximum atomic E-state index is 12.6. The van der Waals surface area contributed by atoms with Gasteiger partial charge in [0.15, 0.2) is 6.04 Å². The number of nitrogens with zero attached hydrogens (tertiary/aromatic N) is 1. The van der Waals surface area contributed by atoms with E-state index in [0.29, 0.717) is 11.4 Å². The molecule has 1 heterocycles. The van der Waals surface area contributed by atoms with Gasteiger partial charge < -0.3 is 19.5 Å². The Balaban J connectivity index is 1.67. The van der Waals surface area contributed by atoms with Crippen LogP contribution < -0.4 is 15.0 Å². The fraction of sp³-hybridized carbons (Fsp3) is 0.250. The molecule has 0 spiro atoms. The molecule has 1 aliphatic heterocycles. The number of anilines is 1. The van der Waals surface area contributed by atoms with Crippen molar-refractivity contribution in [3.05, 3.63) is 60.2 Å². The minimum atomic E-state index is -1.06. The number of methoxy groups -OCH3 is 2. The fourth-order valence-electron chi connectivity index (χ4n) is 2.91. The van der Waals surface area contributed by atoms with Gasteiger partial charge >= 0.3 is 12.1 Å². The number of ether oxygens (including phenoxy) is 3. The monoisotopic (exact) mass is 384 g/mol. The van der Waals surface area contributed by atoms with Gasteiger partial charge in [-0.15, -0.1) is 0 Å². The Kier molecular flexibility index (Phi) is 5.78. The highest BCUT2D eigenvalue weighted by Gasteiger charge is 2.54. The molecule has 0 saturated carbocycles. The molecule has 8 nitrogen and oxygen atoms in total. The van der Waals surface area contributed by atoms with Crippen LogP contribution in [0.4, 0.5) is 10.5 Å². The summed E-state index contributed by atoms with van der Waals surface area (Å²) in [5.74, 6) is -0.452. The maximum Gasteiger partial charge on any atom is 0.408 e. The van der Waals surface area contributed by atoms with Gasteiger partial charge in [-0.2, -0.15) is 0 Å². The average Bonchev–Trinajstić information content (AvgIpc) is 2.74. The van der Waals surface area contributed by atoms with E-state index in [9.17, 15) is 14.4 Å². The number of hydrogen-bond donors (Lipinski definition) is 1. The van der Waals surface area contributed by atoms with E-state index in [1.807, 2.05) is 30.3 Å². The lowest BCUT2D eigenvalue weighted by atomic mass is 9.94. The van der Waals surface area contributed by atoms with E-state index < -0.39 is 30.1 Å². The Hall–Kier alpha value is -3.55. The van der Waals surface area contributed by atoms with Gasteiger partial charge in [0.05, 0.1) is 14.2 Å². The highest BCUT2D eigenvalue weighted by molar-refractivity contribution is 6.14. The molecule has 0 aromatic heterocycles. The molecule has 0 radical (unpaired) electrons. The molecule has 0 unspecified atom stereocenters. The molecule has 0 bridgehead atoms. The molecule has 28 heavy (non-hydrogen) atoms. The van der Waals surface area contributed by atoms with E-state index >= 15 is 0 Å². The number of β-lactam (4-membered cyclic amide) rings is 1. The fourth-order valence-corrected chi connectivity index (χ4v) is 2.91. The SMILES string of the molecule is COC(=O)[C@@H]1[C@H](NC(=O)OCc2ccccc2)C(=O)N1c1ccc(OC)cc1. The van der Waals surface area contributed by atoms with Gasteiger partial charge in [0.2, 0.25) is 0 Å². The number of esters is 1. The topological polar surface area (TPSA) is 94.2 Å². The largest absolute Gasteiger partial charge is 0.497 e. The number of rotatable bonds is 6. The zero-order chi connectivity index (χ0) is 20.1. The number of alkyl carbamates (subject to hydrolysis) is 1. The third-order valence-corrected chi connectivity index (χ3v) is 4.38. The standard InChI is InChI=1S/C20H20N2O6/c1-26-15-10-8-14(9-11-15)22-17(19(24)27-2)16(18(22)23)21-20(25)28-12-13-6-4-3-5-7-13/h3-11,16-17H,12H2,1-2H3,(H,21,25)/t16-,17-/m0/s1. The molecule has 1 N–H and O–H groups in total. The summed E-state index contributed by atoms with van der Waals surface area (Å²) in [7, 11) is 2.75. The molecule has 0 aliphatic carbocycles. The van der Waals surface area contributed by atoms with E-state index in [1.165, 1.54) is 19.1 Å². The summed E-state index contributed by atoms with van der Waals surface area (Å²) >= 11 is 0. The highest BCUT2D eigenvalue weighted by atomic mass is 16.5. The molecule has 8 heteroatoms. The van der Waals surface area contributed by atoms with Crippen molar-refractivity contribution in [2.45, 2.75) is 18.7 Å². The van der Waals surface area contributed by atoms with Crippen molar-refractivity contribution >= 4 is 23.7 Å². The van der Waals surface area contributed by atoms with Gasteiger partial charge in [-0.25, -0.2) is 9.59 Å². The highest BCUT2D eigenvalue weighted by Crippen LogP contribution is 2.30. The summed E-state index contributed by atoms with van der Waals surface area (Å²) in [6, 6.07) is 13.7. The number of benzene rings is 2. The van der Waals surface area contributed by atoms with Crippen molar-refractivity contribution < 1.29 is 28.6 Å². The van der Waals surface area contributed by atoms with E-state index in [2.05, 4.69) is 5.32 Å². The van der Waals surface area contributed by atoms with Crippen LogP contribution in [0.3, 0.4) is 0 Å². The lowest BCUT2D eigenvalue weighted by Crippen LogP contribution is -2.74. The lowest BCUT2D eigenvalue weighted by Gasteiger charge is -2.44. The van der Waals surface area contributed by atoms with Crippen molar-refractivity contribution in [2.24, 2.45) is 0 Å². The number of hydrogen-bond acceptors (Lipinski definition) is 6. The zero-order valence-corrected chi connectivity index (χ0v) is 15.5. The third kappa shape index (κ3) is 3.90. The van der Waals surface area contributed by atoms with Crippen LogP contribution in [0.1, 0.15) is 5.56 Å². The van der Waals surface area contributed by atoms with Crippen LogP contribution in [0.5, 0.6) is 5.75 Å². The first-order valence-corrected chi connectivity index (χ1v) is 8.57. The molecule has 1 fully saturated rings. The van der Waals surface area contributed by atoms with Crippen molar-refractivity contribution in [1.82, 2.24) is 5.32 Å². The van der Waals surface area contributed by atoms with Crippen LogP contribution in [0, 0.1) is 0 Å². The second-order valence-corrected chi connectivity index (χ2v) is 6.06. The molecule has 3 rings (SSSR count). The van der Waals surface area contributed by atoms with Gasteiger partial charge in [-0.05, 0) is 29.8 Å². The summed E-state index contributed by atoms with van der Waals surface area (Å²) in [4.78, 5) is 38.1. The summed E-state index contributed by atoms with van der Waals surface area (Å²) < 4.78 is 15.0. The van der Waals surface area contributed by atoms with Crippen LogP contribution in [-0.4, -0.2) is 44.3 Å². The van der Waals surface area contributed by atoms with Gasteiger partial charge in [0, 0.05) is 5.69 Å². The van der Waals surface area contributed by atoms with E-state index in [4.69, 9.17) is 14.2 Å². The molecule has 1 aliphatic rings. The zero-order valence-electron chi connectivity index (χ0n) is 15.5. The third-order valence-electron chi connectivity index (χ3n) is 4.38. The minimum absolute atomic E-state index is 0.0542. The molecule has 2 aromatic rings. The molecule has 1 saturated heterocycles. The average molecular weight is 384 g/mol. The summed E-state index contributed by atoms with van der Waals surface area (Å²) in [5, 5.41) is 2.45. The first-order valence-electron chi connectivity index (χ1n) is 8.57. The smallest absolute Gasteiger partial charge is 0.408 e. The first-order chi connectivity index (χ1) is 13.5. The minimum Gasteiger partial charge on any atom is -0.497 e. The van der Waals surface area contributed by atoms with Gasteiger partial charge in [0.25, 0.3) is 5.91 Å².